The van der Waals surface area contributed by atoms with E-state index < -0.39 is 0 Å². The Morgan fingerprint density at radius 3 is 2.61 bits per heavy atom. The molecule has 0 aliphatic carbocycles. The van der Waals surface area contributed by atoms with Crippen LogP contribution < -0.4 is 0 Å². The number of hydrogen-bond donors (Lipinski definition) is 0. The smallest absolute Gasteiger partial charge is 0.186 e. The second kappa shape index (κ2) is 7.29. The van der Waals surface area contributed by atoms with Crippen LogP contribution in [0, 0.1) is 6.92 Å². The minimum atomic E-state index is 0.382. The van der Waals surface area contributed by atoms with Crippen molar-refractivity contribution in [3.05, 3.63) is 77.5 Å². The van der Waals surface area contributed by atoms with Gasteiger partial charge in [0.1, 0.15) is 0 Å². The number of furan rings is 1. The second-order valence-corrected chi connectivity index (χ2v) is 6.43. The minimum Gasteiger partial charge on any atom is -0.460 e. The number of benzene rings is 1. The van der Waals surface area contributed by atoms with E-state index in [0.717, 1.165) is 34.6 Å². The zero-order chi connectivity index (χ0) is 16.1. The molecule has 4 heteroatoms. The van der Waals surface area contributed by atoms with Crippen LogP contribution in [0.25, 0.3) is 0 Å². The fourth-order valence-electron chi connectivity index (χ4n) is 2.38. The van der Waals surface area contributed by atoms with Gasteiger partial charge in [-0.25, -0.2) is 0 Å². The molecular formula is C19H17NO2S. The van der Waals surface area contributed by atoms with Crippen LogP contribution in [0.3, 0.4) is 0 Å². The molecule has 3 aromatic rings. The quantitative estimate of drug-likeness (QED) is 0.615. The van der Waals surface area contributed by atoms with Crippen LogP contribution in [0.1, 0.15) is 27.4 Å². The second-order valence-electron chi connectivity index (χ2n) is 5.32. The number of carbonyl (C=O) groups excluding carboxylic acids is 1. The molecule has 3 rings (SSSR count). The third kappa shape index (κ3) is 4.11. The van der Waals surface area contributed by atoms with E-state index in [0.29, 0.717) is 5.76 Å². The van der Waals surface area contributed by atoms with Crippen LogP contribution in [0.2, 0.25) is 0 Å². The third-order valence-corrected chi connectivity index (χ3v) is 4.64. The number of aromatic nitrogens is 1. The first-order valence-corrected chi connectivity index (χ1v) is 8.27. The maximum atomic E-state index is 10.9. The highest BCUT2D eigenvalue weighted by atomic mass is 32.2. The largest absolute Gasteiger partial charge is 0.460 e. The zero-order valence-corrected chi connectivity index (χ0v) is 13.7. The Hall–Kier alpha value is -2.33. The highest BCUT2D eigenvalue weighted by Gasteiger charge is 2.07. The van der Waals surface area contributed by atoms with Crippen molar-refractivity contribution in [3.63, 3.8) is 0 Å². The summed E-state index contributed by atoms with van der Waals surface area (Å²) in [5, 5.41) is 0. The maximum absolute atomic E-state index is 10.9. The average Bonchev–Trinajstić information content (AvgIpc) is 3.01. The van der Waals surface area contributed by atoms with Crippen LogP contribution in [0.5, 0.6) is 0 Å². The van der Waals surface area contributed by atoms with Crippen molar-refractivity contribution in [1.82, 2.24) is 4.98 Å². The molecule has 0 saturated heterocycles. The molecule has 0 amide bonds. The summed E-state index contributed by atoms with van der Waals surface area (Å²) in [4.78, 5) is 17.0. The molecule has 0 N–H and O–H groups in total. The molecule has 0 aliphatic rings. The van der Waals surface area contributed by atoms with Crippen LogP contribution in [0.4, 0.5) is 0 Å². The molecule has 0 saturated carbocycles. The van der Waals surface area contributed by atoms with E-state index in [-0.39, 0.29) is 0 Å². The molecule has 116 valence electrons. The maximum Gasteiger partial charge on any atom is 0.186 e. The Kier molecular flexibility index (Phi) is 4.93. The molecule has 0 bridgehead atoms. The van der Waals surface area contributed by atoms with Crippen molar-refractivity contribution in [2.45, 2.75) is 29.6 Å². The topological polar surface area (TPSA) is 43.1 Å². The molecule has 0 unspecified atom stereocenters. The van der Waals surface area contributed by atoms with Crippen molar-refractivity contribution in [2.75, 3.05) is 0 Å². The summed E-state index contributed by atoms with van der Waals surface area (Å²) in [7, 11) is 0. The lowest BCUT2D eigenvalue weighted by Crippen LogP contribution is -1.93. The standard InChI is InChI=1S/C19H17NO2S/c1-14-12-16(8-10-20-14)3-2-15-4-6-17(7-5-15)23-19-9-11-22-18(19)13-21/h4-13H,2-3H2,1H3. The van der Waals surface area contributed by atoms with E-state index in [9.17, 15) is 4.79 Å². The first-order chi connectivity index (χ1) is 11.2. The van der Waals surface area contributed by atoms with E-state index in [4.69, 9.17) is 4.42 Å². The molecule has 3 nitrogen and oxygen atoms in total. The number of aryl methyl sites for hydroxylation is 3. The van der Waals surface area contributed by atoms with Gasteiger partial charge in [0.25, 0.3) is 0 Å². The molecule has 2 heterocycles. The Labute approximate surface area is 139 Å². The van der Waals surface area contributed by atoms with Crippen molar-refractivity contribution >= 4 is 18.0 Å². The van der Waals surface area contributed by atoms with Crippen molar-refractivity contribution in [3.8, 4) is 0 Å². The van der Waals surface area contributed by atoms with E-state index in [1.54, 1.807) is 0 Å². The van der Waals surface area contributed by atoms with Crippen LogP contribution in [0.15, 0.2) is 69.1 Å². The summed E-state index contributed by atoms with van der Waals surface area (Å²) in [6, 6.07) is 14.4. The van der Waals surface area contributed by atoms with Gasteiger partial charge in [-0.2, -0.15) is 0 Å². The number of hydrogen-bond acceptors (Lipinski definition) is 4. The van der Waals surface area contributed by atoms with Gasteiger partial charge in [-0.05, 0) is 61.2 Å². The molecule has 0 aliphatic heterocycles. The SMILES string of the molecule is Cc1cc(CCc2ccc(Sc3ccoc3C=O)cc2)ccn1. The molecule has 2 aromatic heterocycles. The summed E-state index contributed by atoms with van der Waals surface area (Å²) in [6.45, 7) is 2.01. The fourth-order valence-corrected chi connectivity index (χ4v) is 3.23. The van der Waals surface area contributed by atoms with Crippen molar-refractivity contribution < 1.29 is 9.21 Å². The third-order valence-electron chi connectivity index (χ3n) is 3.58. The monoisotopic (exact) mass is 323 g/mol. The molecule has 0 spiro atoms. The average molecular weight is 323 g/mol. The van der Waals surface area contributed by atoms with Gasteiger partial charge in [0.05, 0.1) is 11.2 Å². The molecule has 23 heavy (non-hydrogen) atoms. The van der Waals surface area contributed by atoms with Gasteiger partial charge < -0.3 is 4.42 Å². The van der Waals surface area contributed by atoms with E-state index >= 15 is 0 Å². The summed E-state index contributed by atoms with van der Waals surface area (Å²) in [5.74, 6) is 0.382. The van der Waals surface area contributed by atoms with Gasteiger partial charge in [-0.3, -0.25) is 9.78 Å². The number of pyridine rings is 1. The van der Waals surface area contributed by atoms with Crippen molar-refractivity contribution in [1.29, 1.82) is 0 Å². The predicted octanol–water partition coefficient (Wildman–Crippen LogP) is 4.73. The number of carbonyl (C=O) groups is 1. The molecule has 0 radical (unpaired) electrons. The van der Waals surface area contributed by atoms with Crippen LogP contribution in [-0.4, -0.2) is 11.3 Å². The Morgan fingerprint density at radius 1 is 1.09 bits per heavy atom. The first kappa shape index (κ1) is 15.6. The predicted molar refractivity (Wildman–Crippen MR) is 91.0 cm³/mol. The van der Waals surface area contributed by atoms with Gasteiger partial charge in [0.15, 0.2) is 12.0 Å². The number of nitrogens with zero attached hydrogens (tertiary/aromatic N) is 1. The van der Waals surface area contributed by atoms with Crippen LogP contribution >= 0.6 is 11.8 Å². The zero-order valence-electron chi connectivity index (χ0n) is 12.9. The first-order valence-electron chi connectivity index (χ1n) is 7.45. The summed E-state index contributed by atoms with van der Waals surface area (Å²) >= 11 is 1.54. The van der Waals surface area contributed by atoms with Gasteiger partial charge in [0.2, 0.25) is 0 Å². The van der Waals surface area contributed by atoms with E-state index in [2.05, 4.69) is 41.4 Å². The highest BCUT2D eigenvalue weighted by molar-refractivity contribution is 7.99. The molecule has 0 atom stereocenters. The lowest BCUT2D eigenvalue weighted by molar-refractivity contribution is 0.109. The lowest BCUT2D eigenvalue weighted by atomic mass is 10.1. The van der Waals surface area contributed by atoms with Gasteiger partial charge >= 0.3 is 0 Å². The molecule has 0 fully saturated rings. The Bertz CT molecular complexity index is 793. The van der Waals surface area contributed by atoms with E-state index in [1.165, 1.54) is 29.2 Å². The minimum absolute atomic E-state index is 0.382. The van der Waals surface area contributed by atoms with Crippen molar-refractivity contribution in [2.24, 2.45) is 0 Å². The molecular weight excluding hydrogens is 306 g/mol. The van der Waals surface area contributed by atoms with E-state index in [1.807, 2.05) is 19.2 Å². The van der Waals surface area contributed by atoms with Crippen LogP contribution in [-0.2, 0) is 12.8 Å². The summed E-state index contributed by atoms with van der Waals surface area (Å²) in [5.41, 5.74) is 3.66. The Morgan fingerprint density at radius 2 is 1.87 bits per heavy atom. The molecule has 1 aromatic carbocycles. The fraction of sp³-hybridized carbons (Fsp3) is 0.158. The Balaban J connectivity index is 1.62. The summed E-state index contributed by atoms with van der Waals surface area (Å²) in [6.07, 6.45) is 6.15. The van der Waals surface area contributed by atoms with Gasteiger partial charge in [-0.15, -0.1) is 0 Å². The lowest BCUT2D eigenvalue weighted by Gasteiger charge is -2.05. The van der Waals surface area contributed by atoms with Gasteiger partial charge in [-0.1, -0.05) is 23.9 Å². The number of rotatable bonds is 6. The normalized spacial score (nSPS) is 10.7. The number of aldehydes is 1. The van der Waals surface area contributed by atoms with Gasteiger partial charge in [0, 0.05) is 16.8 Å². The highest BCUT2D eigenvalue weighted by Crippen LogP contribution is 2.30. The summed E-state index contributed by atoms with van der Waals surface area (Å²) < 4.78 is 5.11.